The summed E-state index contributed by atoms with van der Waals surface area (Å²) in [6.45, 7) is 0. The van der Waals surface area contributed by atoms with E-state index < -0.39 is 5.82 Å². The van der Waals surface area contributed by atoms with E-state index >= 15 is 0 Å². The maximum Gasteiger partial charge on any atom is 0.147 e. The van der Waals surface area contributed by atoms with Crippen molar-refractivity contribution in [3.63, 3.8) is 0 Å². The summed E-state index contributed by atoms with van der Waals surface area (Å²) in [5, 5.41) is 21.0. The van der Waals surface area contributed by atoms with Crippen molar-refractivity contribution in [2.45, 2.75) is 38.1 Å². The average molecular weight is 257 g/mol. The molecule has 0 saturated heterocycles. The molecular weight excluding hydrogens is 241 g/mol. The van der Waals surface area contributed by atoms with E-state index in [1.165, 1.54) is 6.07 Å². The number of rotatable bonds is 2. The Morgan fingerprint density at radius 1 is 1.16 bits per heavy atom. The van der Waals surface area contributed by atoms with Crippen molar-refractivity contribution in [2.24, 2.45) is 5.92 Å². The van der Waals surface area contributed by atoms with Crippen molar-refractivity contribution in [3.05, 3.63) is 29.6 Å². The van der Waals surface area contributed by atoms with Crippen LogP contribution in [0.3, 0.4) is 0 Å². The topological polar surface area (TPSA) is 59.6 Å². The summed E-state index contributed by atoms with van der Waals surface area (Å²) in [4.78, 5) is 0. The van der Waals surface area contributed by atoms with E-state index in [1.807, 2.05) is 6.07 Å². The highest BCUT2D eigenvalue weighted by molar-refractivity contribution is 5.49. The number of nitrogens with zero attached hydrogens (tertiary/aromatic N) is 2. The first-order valence-corrected chi connectivity index (χ1v) is 6.60. The van der Waals surface area contributed by atoms with Crippen LogP contribution in [0.1, 0.15) is 37.7 Å². The number of anilines is 1. The molecule has 1 aliphatic rings. The normalized spacial score (nSPS) is 22.9. The van der Waals surface area contributed by atoms with Crippen LogP contribution in [0.5, 0.6) is 0 Å². The fourth-order valence-electron chi connectivity index (χ4n) is 2.54. The number of nitriles is 2. The van der Waals surface area contributed by atoms with Crippen LogP contribution in [0.15, 0.2) is 18.2 Å². The minimum atomic E-state index is -0.431. The van der Waals surface area contributed by atoms with Crippen LogP contribution >= 0.6 is 0 Å². The van der Waals surface area contributed by atoms with Gasteiger partial charge in [-0.25, -0.2) is 4.39 Å². The second kappa shape index (κ2) is 6.20. The van der Waals surface area contributed by atoms with Crippen molar-refractivity contribution >= 4 is 5.69 Å². The molecular formula is C15H16FN3. The maximum absolute atomic E-state index is 13.8. The predicted molar refractivity (Wildman–Crippen MR) is 70.7 cm³/mol. The molecule has 3 nitrogen and oxygen atoms in total. The zero-order valence-corrected chi connectivity index (χ0v) is 10.7. The minimum Gasteiger partial charge on any atom is -0.379 e. The lowest BCUT2D eigenvalue weighted by molar-refractivity contribution is 0.510. The van der Waals surface area contributed by atoms with Gasteiger partial charge in [-0.15, -0.1) is 0 Å². The zero-order valence-electron chi connectivity index (χ0n) is 10.7. The SMILES string of the molecule is N#Cc1ccc(NC2CCCCCC2C#N)c(F)c1. The van der Waals surface area contributed by atoms with E-state index in [4.69, 9.17) is 5.26 Å². The van der Waals surface area contributed by atoms with Gasteiger partial charge in [0, 0.05) is 6.04 Å². The number of halogens is 1. The molecule has 19 heavy (non-hydrogen) atoms. The van der Waals surface area contributed by atoms with Gasteiger partial charge in [0.25, 0.3) is 0 Å². The molecule has 0 amide bonds. The van der Waals surface area contributed by atoms with Crippen LogP contribution in [0.25, 0.3) is 0 Å². The third-order valence-electron chi connectivity index (χ3n) is 3.62. The Labute approximate surface area is 112 Å². The predicted octanol–water partition coefficient (Wildman–Crippen LogP) is 3.58. The smallest absolute Gasteiger partial charge is 0.147 e. The lowest BCUT2D eigenvalue weighted by Gasteiger charge is -2.22. The molecule has 0 heterocycles. The van der Waals surface area contributed by atoms with Gasteiger partial charge in [-0.2, -0.15) is 10.5 Å². The molecule has 98 valence electrons. The van der Waals surface area contributed by atoms with Crippen LogP contribution < -0.4 is 5.32 Å². The third kappa shape index (κ3) is 3.23. The van der Waals surface area contributed by atoms with E-state index in [9.17, 15) is 9.65 Å². The molecule has 0 bridgehead atoms. The Balaban J connectivity index is 2.15. The molecule has 1 aromatic carbocycles. The summed E-state index contributed by atoms with van der Waals surface area (Å²) in [6.07, 6.45) is 5.01. The van der Waals surface area contributed by atoms with Crippen LogP contribution in [0.2, 0.25) is 0 Å². The lowest BCUT2D eigenvalue weighted by Crippen LogP contribution is -2.27. The Bertz CT molecular complexity index is 527. The van der Waals surface area contributed by atoms with E-state index in [2.05, 4.69) is 11.4 Å². The monoisotopic (exact) mass is 257 g/mol. The van der Waals surface area contributed by atoms with Crippen LogP contribution in [0.4, 0.5) is 10.1 Å². The molecule has 0 aromatic heterocycles. The van der Waals surface area contributed by atoms with Crippen molar-refractivity contribution in [2.75, 3.05) is 5.32 Å². The number of hydrogen-bond acceptors (Lipinski definition) is 3. The Hall–Kier alpha value is -2.07. The van der Waals surface area contributed by atoms with Gasteiger partial charge >= 0.3 is 0 Å². The van der Waals surface area contributed by atoms with Crippen LogP contribution in [0, 0.1) is 34.4 Å². The zero-order chi connectivity index (χ0) is 13.7. The van der Waals surface area contributed by atoms with Gasteiger partial charge in [0.1, 0.15) is 5.82 Å². The summed E-state index contributed by atoms with van der Waals surface area (Å²) >= 11 is 0. The standard InChI is InChI=1S/C15H16FN3/c16-13-8-11(9-17)6-7-15(13)19-14-5-3-1-2-4-12(14)10-18/h6-8,12,14,19H,1-5H2. The molecule has 2 unspecified atom stereocenters. The fourth-order valence-corrected chi connectivity index (χ4v) is 2.54. The lowest BCUT2D eigenvalue weighted by atomic mass is 9.96. The Kier molecular flexibility index (Phi) is 4.36. The largest absolute Gasteiger partial charge is 0.379 e. The number of hydrogen-bond donors (Lipinski definition) is 1. The van der Waals surface area contributed by atoms with E-state index in [0.717, 1.165) is 32.1 Å². The Morgan fingerprint density at radius 3 is 2.63 bits per heavy atom. The van der Waals surface area contributed by atoms with E-state index in [-0.39, 0.29) is 12.0 Å². The van der Waals surface area contributed by atoms with Gasteiger partial charge in [0.15, 0.2) is 0 Å². The first kappa shape index (κ1) is 13.4. The van der Waals surface area contributed by atoms with Crippen molar-refractivity contribution in [1.29, 1.82) is 10.5 Å². The van der Waals surface area contributed by atoms with Gasteiger partial charge in [-0.1, -0.05) is 19.3 Å². The van der Waals surface area contributed by atoms with Gasteiger partial charge in [-0.3, -0.25) is 0 Å². The summed E-state index contributed by atoms with van der Waals surface area (Å²) in [5.74, 6) is -0.502. The molecule has 2 rings (SSSR count). The molecule has 0 spiro atoms. The van der Waals surface area contributed by atoms with Crippen LogP contribution in [-0.4, -0.2) is 6.04 Å². The van der Waals surface area contributed by atoms with E-state index in [1.54, 1.807) is 12.1 Å². The van der Waals surface area contributed by atoms with Crippen molar-refractivity contribution in [1.82, 2.24) is 0 Å². The molecule has 4 heteroatoms. The molecule has 1 aliphatic carbocycles. The highest BCUT2D eigenvalue weighted by Gasteiger charge is 2.24. The number of benzene rings is 1. The second-order valence-electron chi connectivity index (χ2n) is 4.93. The molecule has 1 fully saturated rings. The summed E-state index contributed by atoms with van der Waals surface area (Å²) in [7, 11) is 0. The van der Waals surface area contributed by atoms with E-state index in [0.29, 0.717) is 11.3 Å². The second-order valence-corrected chi connectivity index (χ2v) is 4.93. The maximum atomic E-state index is 13.8. The quantitative estimate of drug-likeness (QED) is 0.824. The molecule has 2 atom stereocenters. The Morgan fingerprint density at radius 2 is 1.95 bits per heavy atom. The summed E-state index contributed by atoms with van der Waals surface area (Å²) in [6, 6.07) is 8.61. The van der Waals surface area contributed by atoms with Gasteiger partial charge in [0.05, 0.1) is 29.3 Å². The molecule has 1 N–H and O–H groups in total. The molecule has 1 aromatic rings. The third-order valence-corrected chi connectivity index (χ3v) is 3.62. The van der Waals surface area contributed by atoms with Crippen molar-refractivity contribution < 1.29 is 4.39 Å². The first-order chi connectivity index (χ1) is 9.24. The fraction of sp³-hybridized carbons (Fsp3) is 0.467. The first-order valence-electron chi connectivity index (χ1n) is 6.60. The molecule has 0 radical (unpaired) electrons. The van der Waals surface area contributed by atoms with Crippen LogP contribution in [-0.2, 0) is 0 Å². The van der Waals surface area contributed by atoms with Gasteiger partial charge in [0.2, 0.25) is 0 Å². The van der Waals surface area contributed by atoms with Gasteiger partial charge < -0.3 is 5.32 Å². The summed E-state index contributed by atoms with van der Waals surface area (Å²) in [5.41, 5.74) is 0.687. The number of nitrogens with one attached hydrogen (secondary N) is 1. The van der Waals surface area contributed by atoms with Crippen molar-refractivity contribution in [3.8, 4) is 12.1 Å². The molecule has 0 aliphatic heterocycles. The average Bonchev–Trinajstić information content (AvgIpc) is 2.66. The highest BCUT2D eigenvalue weighted by Crippen LogP contribution is 2.27. The van der Waals surface area contributed by atoms with Gasteiger partial charge in [-0.05, 0) is 31.0 Å². The minimum absolute atomic E-state index is 0.00469. The molecule has 1 saturated carbocycles. The summed E-state index contributed by atoms with van der Waals surface area (Å²) < 4.78 is 13.8. The highest BCUT2D eigenvalue weighted by atomic mass is 19.1.